The average molecular weight is 293 g/mol. The molecule has 2 unspecified atom stereocenters. The Morgan fingerprint density at radius 2 is 2.24 bits per heavy atom. The largest absolute Gasteiger partial charge is 0.374 e. The van der Waals surface area contributed by atoms with Crippen LogP contribution in [0.1, 0.15) is 58.3 Å². The highest BCUT2D eigenvalue weighted by atomic mass is 16.5. The van der Waals surface area contributed by atoms with Crippen molar-refractivity contribution in [3.05, 3.63) is 17.5 Å². The molecule has 1 fully saturated rings. The van der Waals surface area contributed by atoms with E-state index in [1.165, 1.54) is 17.8 Å². The molecule has 21 heavy (non-hydrogen) atoms. The normalized spacial score (nSPS) is 23.6. The van der Waals surface area contributed by atoms with Crippen molar-refractivity contribution in [3.63, 3.8) is 0 Å². The summed E-state index contributed by atoms with van der Waals surface area (Å²) in [6, 6.07) is 2.63. The van der Waals surface area contributed by atoms with Gasteiger partial charge in [0.25, 0.3) is 0 Å². The van der Waals surface area contributed by atoms with E-state index in [0.29, 0.717) is 6.04 Å². The van der Waals surface area contributed by atoms with Crippen molar-refractivity contribution in [2.24, 2.45) is 0 Å². The third-order valence-corrected chi connectivity index (χ3v) is 4.62. The lowest BCUT2D eigenvalue weighted by Gasteiger charge is -2.34. The minimum absolute atomic E-state index is 0.0373. The van der Waals surface area contributed by atoms with Crippen LogP contribution in [0, 0.1) is 0 Å². The minimum atomic E-state index is -0.0373. The summed E-state index contributed by atoms with van der Waals surface area (Å²) in [5.41, 5.74) is 2.49. The first-order valence-electron chi connectivity index (χ1n) is 8.55. The topological polar surface area (TPSA) is 39.1 Å². The maximum absolute atomic E-state index is 6.09. The van der Waals surface area contributed by atoms with Crippen molar-refractivity contribution < 1.29 is 4.74 Å². The van der Waals surface area contributed by atoms with E-state index in [-0.39, 0.29) is 5.60 Å². The number of rotatable bonds is 8. The molecule has 0 saturated carbocycles. The molecule has 1 aromatic rings. The van der Waals surface area contributed by atoms with Gasteiger partial charge in [0.05, 0.1) is 11.3 Å². The molecule has 4 heteroatoms. The molecule has 1 aliphatic rings. The minimum Gasteiger partial charge on any atom is -0.374 e. The molecule has 1 saturated heterocycles. The maximum Gasteiger partial charge on any atom is 0.0811 e. The second kappa shape index (κ2) is 7.41. The quantitative estimate of drug-likeness (QED) is 0.801. The van der Waals surface area contributed by atoms with Crippen LogP contribution in [0.3, 0.4) is 0 Å². The van der Waals surface area contributed by atoms with E-state index in [1.54, 1.807) is 0 Å². The Morgan fingerprint density at radius 1 is 1.43 bits per heavy atom. The van der Waals surface area contributed by atoms with Gasteiger partial charge in [-0.15, -0.1) is 0 Å². The van der Waals surface area contributed by atoms with Gasteiger partial charge in [-0.3, -0.25) is 4.68 Å². The standard InChI is InChI=1S/C17H31N3O/c1-5-10-18-16(17(4)9-8-11-21-17)13-15-12-14(6-2)19-20(15)7-3/h12,16,18H,5-11,13H2,1-4H3. The van der Waals surface area contributed by atoms with E-state index in [4.69, 9.17) is 4.74 Å². The van der Waals surface area contributed by atoms with Gasteiger partial charge in [-0.2, -0.15) is 5.10 Å². The second-order valence-corrected chi connectivity index (χ2v) is 6.27. The summed E-state index contributed by atoms with van der Waals surface area (Å²) in [6.45, 7) is 11.7. The van der Waals surface area contributed by atoms with Crippen molar-refractivity contribution in [3.8, 4) is 0 Å². The molecule has 0 bridgehead atoms. The van der Waals surface area contributed by atoms with Crippen LogP contribution in [-0.4, -0.2) is 34.6 Å². The number of aryl methyl sites for hydroxylation is 2. The molecular formula is C17H31N3O. The zero-order valence-electron chi connectivity index (χ0n) is 14.1. The first-order chi connectivity index (χ1) is 10.1. The molecule has 0 radical (unpaired) electrons. The number of hydrogen-bond acceptors (Lipinski definition) is 3. The fourth-order valence-electron chi connectivity index (χ4n) is 3.23. The molecule has 2 atom stereocenters. The van der Waals surface area contributed by atoms with Crippen LogP contribution >= 0.6 is 0 Å². The van der Waals surface area contributed by atoms with Crippen LogP contribution < -0.4 is 5.32 Å². The summed E-state index contributed by atoms with van der Waals surface area (Å²) < 4.78 is 8.24. The van der Waals surface area contributed by atoms with Gasteiger partial charge < -0.3 is 10.1 Å². The highest BCUT2D eigenvalue weighted by Crippen LogP contribution is 2.30. The molecular weight excluding hydrogens is 262 g/mol. The van der Waals surface area contributed by atoms with Gasteiger partial charge in [-0.05, 0) is 52.1 Å². The number of aromatic nitrogens is 2. The van der Waals surface area contributed by atoms with Crippen LogP contribution in [-0.2, 0) is 24.1 Å². The van der Waals surface area contributed by atoms with Crippen LogP contribution in [0.5, 0.6) is 0 Å². The summed E-state index contributed by atoms with van der Waals surface area (Å²) >= 11 is 0. The SMILES string of the molecule is CCCNC(Cc1cc(CC)nn1CC)C1(C)CCCO1. The molecule has 1 aliphatic heterocycles. The van der Waals surface area contributed by atoms with Gasteiger partial charge in [0.15, 0.2) is 0 Å². The van der Waals surface area contributed by atoms with Gasteiger partial charge in [-0.1, -0.05) is 13.8 Å². The van der Waals surface area contributed by atoms with E-state index < -0.39 is 0 Å². The molecule has 4 nitrogen and oxygen atoms in total. The Morgan fingerprint density at radius 3 is 2.81 bits per heavy atom. The summed E-state index contributed by atoms with van der Waals surface area (Å²) in [7, 11) is 0. The molecule has 1 aromatic heterocycles. The second-order valence-electron chi connectivity index (χ2n) is 6.27. The number of hydrogen-bond donors (Lipinski definition) is 1. The summed E-state index contributed by atoms with van der Waals surface area (Å²) in [4.78, 5) is 0. The lowest BCUT2D eigenvalue weighted by Crippen LogP contribution is -2.50. The van der Waals surface area contributed by atoms with Gasteiger partial charge in [-0.25, -0.2) is 0 Å². The van der Waals surface area contributed by atoms with Gasteiger partial charge in [0.2, 0.25) is 0 Å². The fourth-order valence-corrected chi connectivity index (χ4v) is 3.23. The monoisotopic (exact) mass is 293 g/mol. The Bertz CT molecular complexity index is 435. The molecule has 0 aliphatic carbocycles. The van der Waals surface area contributed by atoms with Crippen LogP contribution in [0.2, 0.25) is 0 Å². The van der Waals surface area contributed by atoms with Crippen LogP contribution in [0.25, 0.3) is 0 Å². The molecule has 0 amide bonds. The molecule has 0 spiro atoms. The van der Waals surface area contributed by atoms with Gasteiger partial charge >= 0.3 is 0 Å². The Balaban J connectivity index is 2.15. The Kier molecular flexibility index (Phi) is 5.82. The molecule has 120 valence electrons. The van der Waals surface area contributed by atoms with E-state index >= 15 is 0 Å². The summed E-state index contributed by atoms with van der Waals surface area (Å²) in [5.74, 6) is 0. The molecule has 2 rings (SSSR count). The van der Waals surface area contributed by atoms with Crippen molar-refractivity contribution in [1.82, 2.24) is 15.1 Å². The number of ether oxygens (including phenoxy) is 1. The van der Waals surface area contributed by atoms with E-state index in [9.17, 15) is 0 Å². The van der Waals surface area contributed by atoms with Crippen molar-refractivity contribution >= 4 is 0 Å². The van der Waals surface area contributed by atoms with E-state index in [0.717, 1.165) is 45.4 Å². The maximum atomic E-state index is 6.09. The molecule has 1 N–H and O–H groups in total. The molecule has 0 aromatic carbocycles. The summed E-state index contributed by atoms with van der Waals surface area (Å²) in [5, 5.41) is 8.39. The Labute approximate surface area is 129 Å². The van der Waals surface area contributed by atoms with E-state index in [2.05, 4.69) is 48.9 Å². The van der Waals surface area contributed by atoms with Gasteiger partial charge in [0.1, 0.15) is 0 Å². The third kappa shape index (κ3) is 3.86. The van der Waals surface area contributed by atoms with Crippen LogP contribution in [0.4, 0.5) is 0 Å². The zero-order valence-corrected chi connectivity index (χ0v) is 14.1. The lowest BCUT2D eigenvalue weighted by atomic mass is 9.89. The first-order valence-corrected chi connectivity index (χ1v) is 8.55. The van der Waals surface area contributed by atoms with Crippen molar-refractivity contribution in [1.29, 1.82) is 0 Å². The number of nitrogens with zero attached hydrogens (tertiary/aromatic N) is 2. The first kappa shape index (κ1) is 16.5. The van der Waals surface area contributed by atoms with E-state index in [1.807, 2.05) is 0 Å². The predicted molar refractivity (Wildman–Crippen MR) is 86.7 cm³/mol. The third-order valence-electron chi connectivity index (χ3n) is 4.62. The Hall–Kier alpha value is -0.870. The fraction of sp³-hybridized carbons (Fsp3) is 0.824. The lowest BCUT2D eigenvalue weighted by molar-refractivity contribution is -0.0119. The number of nitrogens with one attached hydrogen (secondary N) is 1. The van der Waals surface area contributed by atoms with Gasteiger partial charge in [0, 0.05) is 31.3 Å². The highest BCUT2D eigenvalue weighted by Gasteiger charge is 2.38. The summed E-state index contributed by atoms with van der Waals surface area (Å²) in [6.07, 6.45) is 5.47. The highest BCUT2D eigenvalue weighted by molar-refractivity contribution is 5.13. The predicted octanol–water partition coefficient (Wildman–Crippen LogP) is 2.95. The zero-order chi connectivity index (χ0) is 15.3. The molecule has 2 heterocycles. The van der Waals surface area contributed by atoms with Crippen LogP contribution in [0.15, 0.2) is 6.07 Å². The average Bonchev–Trinajstić information content (AvgIpc) is 3.10. The smallest absolute Gasteiger partial charge is 0.0811 e. The van der Waals surface area contributed by atoms with Crippen molar-refractivity contribution in [2.45, 2.75) is 78.0 Å². The van der Waals surface area contributed by atoms with Crippen molar-refractivity contribution in [2.75, 3.05) is 13.2 Å².